The Morgan fingerprint density at radius 2 is 2.29 bits per heavy atom. The molecule has 2 N–H and O–H groups in total. The van der Waals surface area contributed by atoms with Gasteiger partial charge in [0.2, 0.25) is 5.13 Å². The monoisotopic (exact) mass is 225 g/mol. The zero-order valence-electron chi connectivity index (χ0n) is 7.12. The summed E-state index contributed by atoms with van der Waals surface area (Å²) in [6.45, 7) is 0. The van der Waals surface area contributed by atoms with Crippen molar-refractivity contribution >= 4 is 28.2 Å². The number of aromatic nitrogens is 4. The van der Waals surface area contributed by atoms with Crippen LogP contribution in [-0.2, 0) is 5.75 Å². The van der Waals surface area contributed by atoms with Gasteiger partial charge in [0.15, 0.2) is 0 Å². The Labute approximate surface area is 88.8 Å². The van der Waals surface area contributed by atoms with Crippen LogP contribution in [0, 0.1) is 0 Å². The summed E-state index contributed by atoms with van der Waals surface area (Å²) < 4.78 is 0. The summed E-state index contributed by atoms with van der Waals surface area (Å²) in [7, 11) is 0. The molecule has 0 saturated carbocycles. The van der Waals surface area contributed by atoms with Crippen molar-refractivity contribution in [2.75, 3.05) is 5.73 Å². The molecule has 0 radical (unpaired) electrons. The summed E-state index contributed by atoms with van der Waals surface area (Å²) in [6, 6.07) is 0. The molecule has 0 amide bonds. The number of anilines is 1. The fourth-order valence-electron chi connectivity index (χ4n) is 0.821. The van der Waals surface area contributed by atoms with Gasteiger partial charge in [-0.2, -0.15) is 0 Å². The van der Waals surface area contributed by atoms with Gasteiger partial charge in [-0.05, 0) is 0 Å². The lowest BCUT2D eigenvalue weighted by molar-refractivity contribution is 1.03. The largest absolute Gasteiger partial charge is 0.374 e. The third kappa shape index (κ3) is 2.39. The number of thioether (sulfide) groups is 1. The number of rotatable bonds is 3. The highest BCUT2D eigenvalue weighted by Gasteiger charge is 2.02. The molecule has 0 fully saturated rings. The number of nitrogen functional groups attached to an aromatic ring is 1. The van der Waals surface area contributed by atoms with Crippen LogP contribution in [0.25, 0.3) is 0 Å². The molecule has 0 unspecified atom stereocenters. The third-order valence-corrected chi connectivity index (χ3v) is 3.22. The zero-order chi connectivity index (χ0) is 9.80. The quantitative estimate of drug-likeness (QED) is 0.791. The van der Waals surface area contributed by atoms with E-state index in [9.17, 15) is 0 Å². The molecule has 7 heteroatoms. The van der Waals surface area contributed by atoms with Crippen molar-refractivity contribution in [3.63, 3.8) is 0 Å². The molecule has 2 rings (SSSR count). The number of hydrogen-bond donors (Lipinski definition) is 1. The average molecular weight is 225 g/mol. The van der Waals surface area contributed by atoms with Crippen LogP contribution in [-0.4, -0.2) is 20.2 Å². The van der Waals surface area contributed by atoms with Gasteiger partial charge in [0, 0.05) is 12.4 Å². The van der Waals surface area contributed by atoms with Gasteiger partial charge < -0.3 is 5.73 Å². The number of nitrogens with two attached hydrogens (primary N) is 1. The Bertz CT molecular complexity index is 401. The maximum absolute atomic E-state index is 5.46. The molecule has 72 valence electrons. The zero-order valence-corrected chi connectivity index (χ0v) is 8.75. The van der Waals surface area contributed by atoms with Crippen LogP contribution < -0.4 is 5.73 Å². The molecular weight excluding hydrogens is 218 g/mol. The van der Waals surface area contributed by atoms with E-state index in [0.717, 1.165) is 15.8 Å². The van der Waals surface area contributed by atoms with Crippen molar-refractivity contribution in [1.29, 1.82) is 0 Å². The van der Waals surface area contributed by atoms with E-state index >= 15 is 0 Å². The minimum Gasteiger partial charge on any atom is -0.374 e. The van der Waals surface area contributed by atoms with Gasteiger partial charge >= 0.3 is 0 Å². The van der Waals surface area contributed by atoms with Gasteiger partial charge in [-0.15, -0.1) is 10.2 Å². The first kappa shape index (κ1) is 9.35. The fraction of sp³-hybridized carbons (Fsp3) is 0.143. The molecule has 0 aliphatic carbocycles. The summed E-state index contributed by atoms with van der Waals surface area (Å²) in [5, 5.41) is 9.91. The van der Waals surface area contributed by atoms with Crippen LogP contribution in [0.1, 0.15) is 5.01 Å². The Kier molecular flexibility index (Phi) is 2.90. The number of nitrogens with zero attached hydrogens (tertiary/aromatic N) is 4. The molecule has 0 saturated heterocycles. The minimum absolute atomic E-state index is 0.500. The lowest BCUT2D eigenvalue weighted by atomic mass is 10.8. The predicted octanol–water partition coefficient (Wildman–Crippen LogP) is 1.20. The van der Waals surface area contributed by atoms with Gasteiger partial charge in [-0.25, -0.2) is 4.98 Å². The second-order valence-corrected chi connectivity index (χ2v) is 4.46. The van der Waals surface area contributed by atoms with Gasteiger partial charge in [0.25, 0.3) is 0 Å². The number of hydrogen-bond acceptors (Lipinski definition) is 7. The normalized spacial score (nSPS) is 10.3. The van der Waals surface area contributed by atoms with Gasteiger partial charge in [0.1, 0.15) is 10.0 Å². The highest BCUT2D eigenvalue weighted by molar-refractivity contribution is 7.98. The Hall–Kier alpha value is -1.21. The second-order valence-electron chi connectivity index (χ2n) is 2.37. The first-order valence-electron chi connectivity index (χ1n) is 3.81. The first-order chi connectivity index (χ1) is 6.84. The van der Waals surface area contributed by atoms with E-state index in [4.69, 9.17) is 5.73 Å². The second kappa shape index (κ2) is 4.34. The van der Waals surface area contributed by atoms with Gasteiger partial charge in [0.05, 0.1) is 11.9 Å². The molecule has 0 aliphatic heterocycles. The van der Waals surface area contributed by atoms with Crippen molar-refractivity contribution in [2.24, 2.45) is 0 Å². The van der Waals surface area contributed by atoms with Crippen molar-refractivity contribution in [1.82, 2.24) is 20.2 Å². The lowest BCUT2D eigenvalue weighted by Crippen LogP contribution is -1.83. The maximum Gasteiger partial charge on any atom is 0.203 e. The Balaban J connectivity index is 1.95. The van der Waals surface area contributed by atoms with Gasteiger partial charge in [-0.1, -0.05) is 23.1 Å². The summed E-state index contributed by atoms with van der Waals surface area (Å²) in [6.07, 6.45) is 5.03. The Morgan fingerprint density at radius 3 is 2.93 bits per heavy atom. The molecule has 0 bridgehead atoms. The van der Waals surface area contributed by atoms with Crippen LogP contribution in [0.15, 0.2) is 23.6 Å². The van der Waals surface area contributed by atoms with E-state index in [-0.39, 0.29) is 0 Å². The van der Waals surface area contributed by atoms with E-state index in [1.165, 1.54) is 11.3 Å². The van der Waals surface area contributed by atoms with Crippen molar-refractivity contribution in [2.45, 2.75) is 10.8 Å². The van der Waals surface area contributed by atoms with Crippen molar-refractivity contribution in [3.8, 4) is 0 Å². The topological polar surface area (TPSA) is 77.6 Å². The first-order valence-corrected chi connectivity index (χ1v) is 5.61. The summed E-state index contributed by atoms with van der Waals surface area (Å²) in [5.41, 5.74) is 5.46. The molecule has 14 heavy (non-hydrogen) atoms. The molecule has 0 aromatic carbocycles. The highest BCUT2D eigenvalue weighted by atomic mass is 32.2. The predicted molar refractivity (Wildman–Crippen MR) is 55.9 cm³/mol. The minimum atomic E-state index is 0.500. The van der Waals surface area contributed by atoms with Crippen LogP contribution in [0.2, 0.25) is 0 Å². The Morgan fingerprint density at radius 1 is 1.36 bits per heavy atom. The lowest BCUT2D eigenvalue weighted by Gasteiger charge is -1.94. The van der Waals surface area contributed by atoms with Gasteiger partial charge in [-0.3, -0.25) is 4.98 Å². The van der Waals surface area contributed by atoms with E-state index in [0.29, 0.717) is 5.13 Å². The van der Waals surface area contributed by atoms with Crippen molar-refractivity contribution in [3.05, 3.63) is 23.6 Å². The van der Waals surface area contributed by atoms with Crippen LogP contribution >= 0.6 is 23.1 Å². The van der Waals surface area contributed by atoms with E-state index in [1.807, 2.05) is 0 Å². The fourth-order valence-corrected chi connectivity index (χ4v) is 2.24. The van der Waals surface area contributed by atoms with E-state index < -0.39 is 0 Å². The summed E-state index contributed by atoms with van der Waals surface area (Å²) >= 11 is 2.96. The molecule has 5 nitrogen and oxygen atoms in total. The maximum atomic E-state index is 5.46. The molecule has 0 atom stereocenters. The molecule has 2 aromatic rings. The molecule has 2 aromatic heterocycles. The van der Waals surface area contributed by atoms with E-state index in [1.54, 1.807) is 30.4 Å². The van der Waals surface area contributed by atoms with Crippen LogP contribution in [0.4, 0.5) is 5.13 Å². The average Bonchev–Trinajstić information content (AvgIpc) is 2.63. The summed E-state index contributed by atoms with van der Waals surface area (Å²) in [4.78, 5) is 8.09. The van der Waals surface area contributed by atoms with E-state index in [2.05, 4.69) is 20.2 Å². The van der Waals surface area contributed by atoms with Crippen molar-refractivity contribution < 1.29 is 0 Å². The third-order valence-electron chi connectivity index (χ3n) is 1.37. The summed E-state index contributed by atoms with van der Waals surface area (Å²) in [5.74, 6) is 0.730. The van der Waals surface area contributed by atoms with Crippen LogP contribution in [0.5, 0.6) is 0 Å². The highest BCUT2D eigenvalue weighted by Crippen LogP contribution is 2.22. The SMILES string of the molecule is Nc1nnc(CSc2cnccn2)s1. The molecule has 0 spiro atoms. The standard InChI is InChI=1S/C7H7N5S2/c8-7-12-11-6(14-7)4-13-5-3-9-1-2-10-5/h1-3H,4H2,(H2,8,12). The molecule has 0 aliphatic rings. The molecule has 2 heterocycles. The molecular formula is C7H7N5S2. The van der Waals surface area contributed by atoms with Crippen LogP contribution in [0.3, 0.4) is 0 Å². The smallest absolute Gasteiger partial charge is 0.203 e.